The van der Waals surface area contributed by atoms with Crippen molar-refractivity contribution >= 4 is 51.7 Å². The monoisotopic (exact) mass is 463 g/mol. The summed E-state index contributed by atoms with van der Waals surface area (Å²) in [6, 6.07) is 18.7. The third-order valence-corrected chi connectivity index (χ3v) is 6.97. The van der Waals surface area contributed by atoms with Gasteiger partial charge in [0.05, 0.1) is 24.0 Å². The number of nitrogens with zero attached hydrogens (tertiary/aromatic N) is 1. The number of hydrogen-bond acceptors (Lipinski definition) is 5. The Balaban J connectivity index is 1.57. The molecular weight excluding hydrogens is 442 g/mol. The molecule has 0 radical (unpaired) electrons. The first-order valence-corrected chi connectivity index (χ1v) is 11.8. The number of benzene rings is 2. The molecule has 1 atom stereocenters. The van der Waals surface area contributed by atoms with E-state index in [1.807, 2.05) is 46.7 Å². The molecule has 162 valence electrons. The predicted octanol–water partition coefficient (Wildman–Crippen LogP) is 6.02. The summed E-state index contributed by atoms with van der Waals surface area (Å²) < 4.78 is 0. The number of nitrogens with one attached hydrogen (secondary N) is 2. The summed E-state index contributed by atoms with van der Waals surface area (Å²) in [5, 5.41) is 9.11. The Morgan fingerprint density at radius 2 is 1.91 bits per heavy atom. The fourth-order valence-corrected chi connectivity index (χ4v) is 5.38. The van der Waals surface area contributed by atoms with Gasteiger partial charge in [-0.05, 0) is 60.7 Å². The molecule has 1 unspecified atom stereocenters. The van der Waals surface area contributed by atoms with Crippen LogP contribution < -0.4 is 15.5 Å². The summed E-state index contributed by atoms with van der Waals surface area (Å²) in [5.41, 5.74) is 4.23. The highest BCUT2D eigenvalue weighted by Crippen LogP contribution is 2.45. The summed E-state index contributed by atoms with van der Waals surface area (Å²) in [4.78, 5) is 29.4. The molecular formula is C25H22ClN3O2S. The molecule has 5 rings (SSSR count). The van der Waals surface area contributed by atoms with Crippen molar-refractivity contribution < 1.29 is 9.59 Å². The maximum absolute atomic E-state index is 13.2. The number of allylic oxidation sites excluding steroid dienone is 1. The van der Waals surface area contributed by atoms with Gasteiger partial charge in [0.25, 0.3) is 0 Å². The van der Waals surface area contributed by atoms with Crippen LogP contribution in [0.5, 0.6) is 0 Å². The molecule has 0 spiro atoms. The number of fused-ring (bicyclic) bond motifs is 1. The smallest absolute Gasteiger partial charge is 0.243 e. The Morgan fingerprint density at radius 3 is 2.69 bits per heavy atom. The Bertz CT molecular complexity index is 1190. The van der Waals surface area contributed by atoms with Crippen LogP contribution in [0.1, 0.15) is 30.2 Å². The average molecular weight is 464 g/mol. The molecule has 2 aromatic carbocycles. The van der Waals surface area contributed by atoms with Crippen molar-refractivity contribution in [1.29, 1.82) is 0 Å². The minimum absolute atomic E-state index is 0.105. The standard InChI is InChI=1S/C25H22ClN3O2S/c26-16-10-12-17(13-11-16)27-23(31)15-29-20-7-2-1-5-18(20)28-19-6-3-8-21(30)24(19)25(29)22-9-4-14-32-22/h1-2,4-5,7,9-14,25,28H,3,6,8,15H2,(H,27,31). The SMILES string of the molecule is O=C(CN1c2ccccc2NC2=C(C(=O)CCC2)C1c1cccs1)Nc1ccc(Cl)cc1. The molecule has 3 aromatic rings. The topological polar surface area (TPSA) is 61.4 Å². The zero-order chi connectivity index (χ0) is 22.1. The summed E-state index contributed by atoms with van der Waals surface area (Å²) in [7, 11) is 0. The van der Waals surface area contributed by atoms with E-state index in [1.54, 1.807) is 35.6 Å². The van der Waals surface area contributed by atoms with Crippen LogP contribution in [0.3, 0.4) is 0 Å². The molecule has 0 bridgehead atoms. The number of anilines is 3. The van der Waals surface area contributed by atoms with Crippen molar-refractivity contribution in [3.05, 3.63) is 87.2 Å². The Morgan fingerprint density at radius 1 is 1.09 bits per heavy atom. The lowest BCUT2D eigenvalue weighted by Crippen LogP contribution is -2.38. The van der Waals surface area contributed by atoms with E-state index in [9.17, 15) is 9.59 Å². The number of thiophene rings is 1. The molecule has 0 saturated carbocycles. The number of carbonyl (C=O) groups is 2. The Hall–Kier alpha value is -3.09. The number of rotatable bonds is 4. The van der Waals surface area contributed by atoms with Gasteiger partial charge in [-0.2, -0.15) is 0 Å². The fraction of sp³-hybridized carbons (Fsp3) is 0.200. The van der Waals surface area contributed by atoms with E-state index in [-0.39, 0.29) is 24.3 Å². The lowest BCUT2D eigenvalue weighted by atomic mass is 9.88. The second kappa shape index (κ2) is 8.81. The molecule has 0 saturated heterocycles. The van der Waals surface area contributed by atoms with Gasteiger partial charge in [-0.15, -0.1) is 11.3 Å². The number of hydrogen-bond donors (Lipinski definition) is 2. The molecule has 1 aromatic heterocycles. The highest BCUT2D eigenvalue weighted by atomic mass is 35.5. The van der Waals surface area contributed by atoms with Crippen molar-refractivity contribution in [2.45, 2.75) is 25.3 Å². The highest BCUT2D eigenvalue weighted by Gasteiger charge is 2.37. The van der Waals surface area contributed by atoms with Crippen LogP contribution in [0.25, 0.3) is 0 Å². The maximum atomic E-state index is 13.2. The Labute approximate surface area is 195 Å². The third kappa shape index (κ3) is 4.04. The molecule has 1 aliphatic heterocycles. The molecule has 2 aliphatic rings. The summed E-state index contributed by atoms with van der Waals surface area (Å²) >= 11 is 7.57. The number of ketones is 1. The van der Waals surface area contributed by atoms with Gasteiger partial charge in [0.2, 0.25) is 5.91 Å². The van der Waals surface area contributed by atoms with Crippen molar-refractivity contribution in [3.63, 3.8) is 0 Å². The number of amides is 1. The largest absolute Gasteiger partial charge is 0.357 e. The molecule has 32 heavy (non-hydrogen) atoms. The lowest BCUT2D eigenvalue weighted by Gasteiger charge is -2.34. The van der Waals surface area contributed by atoms with Gasteiger partial charge in [0.15, 0.2) is 5.78 Å². The van der Waals surface area contributed by atoms with Crippen LogP contribution in [0.2, 0.25) is 5.02 Å². The van der Waals surface area contributed by atoms with Gasteiger partial charge in [0.1, 0.15) is 0 Å². The van der Waals surface area contributed by atoms with Crippen molar-refractivity contribution in [2.75, 3.05) is 22.1 Å². The van der Waals surface area contributed by atoms with Gasteiger partial charge in [0, 0.05) is 33.3 Å². The summed E-state index contributed by atoms with van der Waals surface area (Å²) in [6.45, 7) is 0.105. The molecule has 1 amide bonds. The van der Waals surface area contributed by atoms with Crippen LogP contribution in [-0.2, 0) is 9.59 Å². The molecule has 2 N–H and O–H groups in total. The molecule has 1 aliphatic carbocycles. The number of carbonyl (C=O) groups excluding carboxylic acids is 2. The number of Topliss-reactive ketones (excluding diaryl/α,β-unsaturated/α-hetero) is 1. The van der Waals surface area contributed by atoms with Crippen LogP contribution in [0.4, 0.5) is 17.1 Å². The van der Waals surface area contributed by atoms with E-state index < -0.39 is 0 Å². The van der Waals surface area contributed by atoms with E-state index in [2.05, 4.69) is 10.6 Å². The number of halogens is 1. The first-order valence-electron chi connectivity index (χ1n) is 10.6. The fourth-order valence-electron chi connectivity index (χ4n) is 4.41. The summed E-state index contributed by atoms with van der Waals surface area (Å²) in [5.74, 6) is -0.0101. The van der Waals surface area contributed by atoms with Crippen molar-refractivity contribution in [1.82, 2.24) is 0 Å². The molecule has 5 nitrogen and oxygen atoms in total. The average Bonchev–Trinajstić information content (AvgIpc) is 3.27. The first-order chi connectivity index (χ1) is 15.6. The van der Waals surface area contributed by atoms with E-state index >= 15 is 0 Å². The van der Waals surface area contributed by atoms with Crippen LogP contribution >= 0.6 is 22.9 Å². The molecule has 0 fully saturated rings. The highest BCUT2D eigenvalue weighted by molar-refractivity contribution is 7.10. The van der Waals surface area contributed by atoms with Crippen LogP contribution in [0, 0.1) is 0 Å². The molecule has 7 heteroatoms. The lowest BCUT2D eigenvalue weighted by molar-refractivity contribution is -0.117. The third-order valence-electron chi connectivity index (χ3n) is 5.79. The van der Waals surface area contributed by atoms with Gasteiger partial charge in [-0.25, -0.2) is 0 Å². The number of para-hydroxylation sites is 2. The van der Waals surface area contributed by atoms with Crippen molar-refractivity contribution in [3.8, 4) is 0 Å². The van der Waals surface area contributed by atoms with E-state index in [0.29, 0.717) is 17.1 Å². The quantitative estimate of drug-likeness (QED) is 0.496. The van der Waals surface area contributed by atoms with Crippen LogP contribution in [-0.4, -0.2) is 18.2 Å². The maximum Gasteiger partial charge on any atom is 0.243 e. The van der Waals surface area contributed by atoms with E-state index in [1.165, 1.54) is 0 Å². The van der Waals surface area contributed by atoms with E-state index in [0.717, 1.165) is 40.4 Å². The second-order valence-corrected chi connectivity index (χ2v) is 9.33. The van der Waals surface area contributed by atoms with Gasteiger partial charge < -0.3 is 15.5 Å². The zero-order valence-corrected chi connectivity index (χ0v) is 18.9. The first kappa shape index (κ1) is 20.8. The van der Waals surface area contributed by atoms with Gasteiger partial charge in [-0.3, -0.25) is 9.59 Å². The van der Waals surface area contributed by atoms with Gasteiger partial charge in [-0.1, -0.05) is 29.8 Å². The van der Waals surface area contributed by atoms with E-state index in [4.69, 9.17) is 11.6 Å². The van der Waals surface area contributed by atoms with Crippen molar-refractivity contribution in [2.24, 2.45) is 0 Å². The predicted molar refractivity (Wildman–Crippen MR) is 130 cm³/mol. The Kier molecular flexibility index (Phi) is 5.72. The second-order valence-electron chi connectivity index (χ2n) is 7.91. The van der Waals surface area contributed by atoms with Crippen LogP contribution in [0.15, 0.2) is 77.3 Å². The summed E-state index contributed by atoms with van der Waals surface area (Å²) in [6.07, 6.45) is 2.19. The zero-order valence-electron chi connectivity index (χ0n) is 17.3. The normalized spacial score (nSPS) is 17.8. The minimum atomic E-state index is -0.315. The molecule has 2 heterocycles. The minimum Gasteiger partial charge on any atom is -0.357 e. The van der Waals surface area contributed by atoms with Gasteiger partial charge >= 0.3 is 0 Å².